The Labute approximate surface area is 106 Å². The van der Waals surface area contributed by atoms with Gasteiger partial charge >= 0.3 is 0 Å². The van der Waals surface area contributed by atoms with Crippen molar-refractivity contribution in [2.24, 2.45) is 0 Å². The fourth-order valence-corrected chi connectivity index (χ4v) is 1.83. The SMILES string of the molecule is Nc1cccc2oc(NCCCCCCO)nc12. The maximum Gasteiger partial charge on any atom is 0.295 e. The number of fused-ring (bicyclic) bond motifs is 1. The van der Waals surface area contributed by atoms with Gasteiger partial charge in [0.2, 0.25) is 0 Å². The third-order valence-electron chi connectivity index (χ3n) is 2.81. The fraction of sp³-hybridized carbons (Fsp3) is 0.462. The highest BCUT2D eigenvalue weighted by Crippen LogP contribution is 2.23. The molecule has 2 rings (SSSR count). The lowest BCUT2D eigenvalue weighted by Crippen LogP contribution is -2.01. The Bertz CT molecular complexity index is 496. The molecule has 0 fully saturated rings. The van der Waals surface area contributed by atoms with Gasteiger partial charge in [0, 0.05) is 13.2 Å². The van der Waals surface area contributed by atoms with Gasteiger partial charge in [0.15, 0.2) is 5.58 Å². The van der Waals surface area contributed by atoms with Crippen molar-refractivity contribution in [2.45, 2.75) is 25.7 Å². The van der Waals surface area contributed by atoms with Crippen LogP contribution in [0.3, 0.4) is 0 Å². The summed E-state index contributed by atoms with van der Waals surface area (Å²) in [6, 6.07) is 6.03. The Morgan fingerprint density at radius 2 is 2.06 bits per heavy atom. The number of hydrogen-bond acceptors (Lipinski definition) is 5. The summed E-state index contributed by atoms with van der Waals surface area (Å²) in [5, 5.41) is 11.8. The summed E-state index contributed by atoms with van der Waals surface area (Å²) in [5.41, 5.74) is 7.85. The maximum atomic E-state index is 8.65. The van der Waals surface area contributed by atoms with Crippen LogP contribution in [0, 0.1) is 0 Å². The lowest BCUT2D eigenvalue weighted by atomic mass is 10.2. The van der Waals surface area contributed by atoms with Crippen LogP contribution in [0.25, 0.3) is 11.1 Å². The number of rotatable bonds is 7. The van der Waals surface area contributed by atoms with E-state index in [0.29, 0.717) is 22.8 Å². The number of hydrogen-bond donors (Lipinski definition) is 3. The monoisotopic (exact) mass is 249 g/mol. The number of nitrogens with one attached hydrogen (secondary N) is 1. The maximum absolute atomic E-state index is 8.65. The third-order valence-corrected chi connectivity index (χ3v) is 2.81. The van der Waals surface area contributed by atoms with Crippen LogP contribution in [0.15, 0.2) is 22.6 Å². The van der Waals surface area contributed by atoms with E-state index in [9.17, 15) is 0 Å². The van der Waals surface area contributed by atoms with Gasteiger partial charge in [-0.15, -0.1) is 0 Å². The normalized spacial score (nSPS) is 10.9. The van der Waals surface area contributed by atoms with Crippen LogP contribution < -0.4 is 11.1 Å². The summed E-state index contributed by atoms with van der Waals surface area (Å²) in [5.74, 6) is 0. The van der Waals surface area contributed by atoms with Gasteiger partial charge in [-0.1, -0.05) is 18.9 Å². The largest absolute Gasteiger partial charge is 0.423 e. The zero-order valence-electron chi connectivity index (χ0n) is 10.4. The molecule has 0 aliphatic carbocycles. The number of aliphatic hydroxyl groups is 1. The Morgan fingerprint density at radius 3 is 2.83 bits per heavy atom. The summed E-state index contributed by atoms with van der Waals surface area (Å²) in [7, 11) is 0. The van der Waals surface area contributed by atoms with E-state index >= 15 is 0 Å². The fourth-order valence-electron chi connectivity index (χ4n) is 1.83. The predicted octanol–water partition coefficient (Wildman–Crippen LogP) is 2.37. The van der Waals surface area contributed by atoms with Crippen LogP contribution in [0.4, 0.5) is 11.7 Å². The van der Waals surface area contributed by atoms with E-state index in [1.165, 1.54) is 0 Å². The van der Waals surface area contributed by atoms with E-state index in [1.807, 2.05) is 18.2 Å². The highest BCUT2D eigenvalue weighted by atomic mass is 16.4. The van der Waals surface area contributed by atoms with Gasteiger partial charge in [-0.3, -0.25) is 0 Å². The molecule has 4 N–H and O–H groups in total. The number of unbranched alkanes of at least 4 members (excludes halogenated alkanes) is 3. The zero-order valence-corrected chi connectivity index (χ0v) is 10.4. The molecular weight excluding hydrogens is 230 g/mol. The average Bonchev–Trinajstić information content (AvgIpc) is 2.78. The van der Waals surface area contributed by atoms with Gasteiger partial charge in [-0.05, 0) is 25.0 Å². The number of aliphatic hydroxyl groups excluding tert-OH is 1. The molecule has 0 amide bonds. The molecule has 2 aromatic rings. The molecule has 5 heteroatoms. The predicted molar refractivity (Wildman–Crippen MR) is 72.5 cm³/mol. The molecule has 0 bridgehead atoms. The first-order chi connectivity index (χ1) is 8.81. The number of oxazole rings is 1. The zero-order chi connectivity index (χ0) is 12.8. The highest BCUT2D eigenvalue weighted by Gasteiger charge is 2.06. The summed E-state index contributed by atoms with van der Waals surface area (Å²) < 4.78 is 5.53. The number of nitrogen functional groups attached to an aromatic ring is 1. The second kappa shape index (κ2) is 6.26. The molecule has 5 nitrogen and oxygen atoms in total. The van der Waals surface area contributed by atoms with E-state index in [-0.39, 0.29) is 6.61 Å². The van der Waals surface area contributed by atoms with Crippen molar-refractivity contribution in [3.05, 3.63) is 18.2 Å². The van der Waals surface area contributed by atoms with Gasteiger partial charge < -0.3 is 20.6 Å². The highest BCUT2D eigenvalue weighted by molar-refractivity contribution is 5.86. The number of aromatic nitrogens is 1. The van der Waals surface area contributed by atoms with Crippen molar-refractivity contribution in [1.82, 2.24) is 4.98 Å². The molecule has 0 atom stereocenters. The minimum absolute atomic E-state index is 0.276. The van der Waals surface area contributed by atoms with Crippen LogP contribution in [0.1, 0.15) is 25.7 Å². The first kappa shape index (κ1) is 12.7. The first-order valence-corrected chi connectivity index (χ1v) is 6.31. The van der Waals surface area contributed by atoms with Crippen LogP contribution >= 0.6 is 0 Å². The molecule has 0 unspecified atom stereocenters. The van der Waals surface area contributed by atoms with E-state index in [1.54, 1.807) is 0 Å². The van der Waals surface area contributed by atoms with E-state index in [4.69, 9.17) is 15.3 Å². The summed E-state index contributed by atoms with van der Waals surface area (Å²) in [4.78, 5) is 4.30. The minimum atomic E-state index is 0.276. The first-order valence-electron chi connectivity index (χ1n) is 6.31. The van der Waals surface area contributed by atoms with Crippen LogP contribution in [-0.2, 0) is 0 Å². The smallest absolute Gasteiger partial charge is 0.295 e. The molecule has 0 spiro atoms. The molecule has 0 aliphatic rings. The van der Waals surface area contributed by atoms with Gasteiger partial charge in [0.05, 0.1) is 5.69 Å². The van der Waals surface area contributed by atoms with E-state index in [2.05, 4.69) is 10.3 Å². The minimum Gasteiger partial charge on any atom is -0.423 e. The average molecular weight is 249 g/mol. The number of anilines is 2. The Balaban J connectivity index is 1.83. The van der Waals surface area contributed by atoms with Crippen LogP contribution in [-0.4, -0.2) is 23.2 Å². The van der Waals surface area contributed by atoms with Crippen molar-refractivity contribution in [1.29, 1.82) is 0 Å². The number of nitrogens with two attached hydrogens (primary N) is 1. The number of nitrogens with zero attached hydrogens (tertiary/aromatic N) is 1. The quantitative estimate of drug-likeness (QED) is 0.518. The lowest BCUT2D eigenvalue weighted by Gasteiger charge is -2.00. The lowest BCUT2D eigenvalue weighted by molar-refractivity contribution is 0.283. The van der Waals surface area contributed by atoms with Gasteiger partial charge in [-0.25, -0.2) is 0 Å². The number of benzene rings is 1. The molecule has 1 aromatic heterocycles. The third kappa shape index (κ3) is 3.13. The Hall–Kier alpha value is -1.75. The van der Waals surface area contributed by atoms with E-state index < -0.39 is 0 Å². The van der Waals surface area contributed by atoms with Gasteiger partial charge in [-0.2, -0.15) is 4.98 Å². The second-order valence-corrected chi connectivity index (χ2v) is 4.28. The molecular formula is C13H19N3O2. The molecule has 0 saturated carbocycles. The van der Waals surface area contributed by atoms with Crippen molar-refractivity contribution in [3.8, 4) is 0 Å². The van der Waals surface area contributed by atoms with Crippen molar-refractivity contribution >= 4 is 22.8 Å². The van der Waals surface area contributed by atoms with E-state index in [0.717, 1.165) is 32.2 Å². The standard InChI is InChI=1S/C13H19N3O2/c14-10-6-5-7-11-12(10)16-13(18-11)15-8-3-1-2-4-9-17/h5-7,17H,1-4,8-9,14H2,(H,15,16). The summed E-state index contributed by atoms with van der Waals surface area (Å²) in [6.07, 6.45) is 4.06. The molecule has 0 radical (unpaired) electrons. The number of para-hydroxylation sites is 1. The molecule has 1 heterocycles. The molecule has 98 valence electrons. The summed E-state index contributed by atoms with van der Waals surface area (Å²) in [6.45, 7) is 1.09. The van der Waals surface area contributed by atoms with Crippen molar-refractivity contribution in [2.75, 3.05) is 24.2 Å². The van der Waals surface area contributed by atoms with Crippen molar-refractivity contribution < 1.29 is 9.52 Å². The Morgan fingerprint density at radius 1 is 1.22 bits per heavy atom. The Kier molecular flexibility index (Phi) is 4.41. The summed E-state index contributed by atoms with van der Waals surface area (Å²) >= 11 is 0. The molecule has 1 aromatic carbocycles. The second-order valence-electron chi connectivity index (χ2n) is 4.28. The molecule has 0 aliphatic heterocycles. The van der Waals surface area contributed by atoms with Crippen LogP contribution in [0.5, 0.6) is 0 Å². The van der Waals surface area contributed by atoms with Crippen molar-refractivity contribution in [3.63, 3.8) is 0 Å². The molecule has 0 saturated heterocycles. The van der Waals surface area contributed by atoms with Gasteiger partial charge in [0.1, 0.15) is 5.52 Å². The van der Waals surface area contributed by atoms with Gasteiger partial charge in [0.25, 0.3) is 6.01 Å². The molecule has 18 heavy (non-hydrogen) atoms. The van der Waals surface area contributed by atoms with Crippen LogP contribution in [0.2, 0.25) is 0 Å². The topological polar surface area (TPSA) is 84.3 Å².